The van der Waals surface area contributed by atoms with E-state index in [-0.39, 0.29) is 29.6 Å². The predicted octanol–water partition coefficient (Wildman–Crippen LogP) is 3.21. The molecule has 0 saturated carbocycles. The first-order valence-corrected chi connectivity index (χ1v) is 9.30. The molecule has 0 spiro atoms. The van der Waals surface area contributed by atoms with Crippen molar-refractivity contribution in [2.24, 2.45) is 11.8 Å². The fourth-order valence-electron chi connectivity index (χ4n) is 3.61. The van der Waals surface area contributed by atoms with Crippen molar-refractivity contribution in [1.29, 1.82) is 0 Å². The van der Waals surface area contributed by atoms with Crippen molar-refractivity contribution in [1.82, 2.24) is 5.43 Å². The lowest BCUT2D eigenvalue weighted by atomic mass is 9.80. The van der Waals surface area contributed by atoms with E-state index in [4.69, 9.17) is 0 Å². The second kappa shape index (κ2) is 7.31. The molecule has 28 heavy (non-hydrogen) atoms. The summed E-state index contributed by atoms with van der Waals surface area (Å²) in [6, 6.07) is 14.2. The van der Waals surface area contributed by atoms with Gasteiger partial charge in [-0.25, -0.2) is 5.01 Å². The van der Waals surface area contributed by atoms with E-state index >= 15 is 0 Å². The molecule has 2 N–H and O–H groups in total. The Bertz CT molecular complexity index is 965. The summed E-state index contributed by atoms with van der Waals surface area (Å²) < 4.78 is 0. The highest BCUT2D eigenvalue weighted by Gasteiger charge is 2.42. The number of amides is 3. The summed E-state index contributed by atoms with van der Waals surface area (Å²) in [5, 5.41) is 4.11. The molecule has 142 valence electrons. The van der Waals surface area contributed by atoms with Crippen LogP contribution in [0.1, 0.15) is 28.8 Å². The Balaban J connectivity index is 1.55. The molecular formula is C22H21N3O3. The molecule has 0 bridgehead atoms. The maximum Gasteiger partial charge on any atom is 0.255 e. The van der Waals surface area contributed by atoms with Crippen LogP contribution in [-0.2, 0) is 9.59 Å². The first kappa shape index (κ1) is 18.0. The molecule has 1 aliphatic heterocycles. The first-order chi connectivity index (χ1) is 13.5. The molecule has 2 unspecified atom stereocenters. The van der Waals surface area contributed by atoms with Crippen LogP contribution in [0.4, 0.5) is 11.4 Å². The lowest BCUT2D eigenvalue weighted by Crippen LogP contribution is -2.59. The zero-order valence-electron chi connectivity index (χ0n) is 15.5. The number of nitrogens with one attached hydrogen (secondary N) is 2. The Morgan fingerprint density at radius 1 is 1.04 bits per heavy atom. The van der Waals surface area contributed by atoms with Crippen LogP contribution in [0.5, 0.6) is 0 Å². The number of allylic oxidation sites excluding steroid dienone is 2. The highest BCUT2D eigenvalue weighted by Crippen LogP contribution is 2.32. The third-order valence-corrected chi connectivity index (χ3v) is 5.20. The van der Waals surface area contributed by atoms with Crippen LogP contribution in [0.15, 0.2) is 60.7 Å². The van der Waals surface area contributed by atoms with Gasteiger partial charge in [-0.3, -0.25) is 19.8 Å². The van der Waals surface area contributed by atoms with Gasteiger partial charge >= 0.3 is 0 Å². The van der Waals surface area contributed by atoms with Gasteiger partial charge in [0.05, 0.1) is 17.5 Å². The van der Waals surface area contributed by atoms with Gasteiger partial charge in [-0.1, -0.05) is 35.9 Å². The van der Waals surface area contributed by atoms with Crippen LogP contribution in [0.3, 0.4) is 0 Å². The standard InChI is InChI=1S/C22H21N3O3/c1-14-9-11-16(12-10-14)23-20(26)15-5-4-6-17(13-15)25-22(28)19-8-3-2-7-18(19)21(27)24-25/h2-6,9-13,18-19H,7-8H2,1H3,(H,23,26)(H,24,27). The average Bonchev–Trinajstić information content (AvgIpc) is 2.72. The molecule has 1 saturated heterocycles. The number of aryl methyl sites for hydroxylation is 1. The zero-order valence-corrected chi connectivity index (χ0v) is 15.5. The quantitative estimate of drug-likeness (QED) is 0.809. The van der Waals surface area contributed by atoms with Crippen LogP contribution < -0.4 is 15.8 Å². The molecule has 6 nitrogen and oxygen atoms in total. The summed E-state index contributed by atoms with van der Waals surface area (Å²) in [5.74, 6) is -1.26. The SMILES string of the molecule is Cc1ccc(NC(=O)c2cccc(N3NC(=O)C4CC=CCC4C3=O)c2)cc1. The number of rotatable bonds is 3. The van der Waals surface area contributed by atoms with Crippen molar-refractivity contribution in [2.75, 3.05) is 10.3 Å². The molecule has 0 aromatic heterocycles. The van der Waals surface area contributed by atoms with Crippen molar-refractivity contribution >= 4 is 29.1 Å². The molecule has 0 radical (unpaired) electrons. The van der Waals surface area contributed by atoms with Gasteiger partial charge in [-0.15, -0.1) is 0 Å². The first-order valence-electron chi connectivity index (χ1n) is 9.30. The van der Waals surface area contributed by atoms with E-state index in [1.165, 1.54) is 5.01 Å². The number of carbonyl (C=O) groups excluding carboxylic acids is 3. The zero-order chi connectivity index (χ0) is 19.7. The third kappa shape index (κ3) is 3.41. The van der Waals surface area contributed by atoms with Crippen molar-refractivity contribution in [3.63, 3.8) is 0 Å². The van der Waals surface area contributed by atoms with E-state index in [2.05, 4.69) is 10.7 Å². The third-order valence-electron chi connectivity index (χ3n) is 5.20. The van der Waals surface area contributed by atoms with Crippen LogP contribution in [0.25, 0.3) is 0 Å². The number of hydrogen-bond acceptors (Lipinski definition) is 3. The highest BCUT2D eigenvalue weighted by atomic mass is 16.2. The molecule has 2 aromatic rings. The normalized spacial score (nSPS) is 21.1. The fourth-order valence-corrected chi connectivity index (χ4v) is 3.61. The van der Waals surface area contributed by atoms with Crippen LogP contribution >= 0.6 is 0 Å². The number of hydrazine groups is 1. The van der Waals surface area contributed by atoms with Gasteiger partial charge in [0.15, 0.2) is 0 Å². The average molecular weight is 375 g/mol. The number of benzene rings is 2. The van der Waals surface area contributed by atoms with Crippen LogP contribution in [-0.4, -0.2) is 17.7 Å². The molecule has 6 heteroatoms. The molecule has 3 amide bonds. The Labute approximate surface area is 163 Å². The Morgan fingerprint density at radius 3 is 2.50 bits per heavy atom. The molecule has 1 aliphatic carbocycles. The Morgan fingerprint density at radius 2 is 1.75 bits per heavy atom. The number of fused-ring (bicyclic) bond motifs is 1. The van der Waals surface area contributed by atoms with Crippen LogP contribution in [0, 0.1) is 18.8 Å². The molecule has 2 atom stereocenters. The van der Waals surface area contributed by atoms with E-state index < -0.39 is 0 Å². The second-order valence-electron chi connectivity index (χ2n) is 7.18. The highest BCUT2D eigenvalue weighted by molar-refractivity contribution is 6.07. The molecule has 2 aliphatic rings. The van der Waals surface area contributed by atoms with E-state index in [0.717, 1.165) is 5.56 Å². The topological polar surface area (TPSA) is 78.5 Å². The minimum Gasteiger partial charge on any atom is -0.322 e. The van der Waals surface area contributed by atoms with E-state index in [1.807, 2.05) is 43.3 Å². The summed E-state index contributed by atoms with van der Waals surface area (Å²) in [6.45, 7) is 1.98. The van der Waals surface area contributed by atoms with Crippen molar-refractivity contribution in [2.45, 2.75) is 19.8 Å². The summed E-state index contributed by atoms with van der Waals surface area (Å²) in [4.78, 5) is 37.9. The smallest absolute Gasteiger partial charge is 0.255 e. The minimum atomic E-state index is -0.358. The Kier molecular flexibility index (Phi) is 4.69. The van der Waals surface area contributed by atoms with Crippen LogP contribution in [0.2, 0.25) is 0 Å². The monoisotopic (exact) mass is 375 g/mol. The summed E-state index contributed by atoms with van der Waals surface area (Å²) in [7, 11) is 0. The molecular weight excluding hydrogens is 354 g/mol. The number of carbonyl (C=O) groups is 3. The number of anilines is 2. The molecule has 1 fully saturated rings. The second-order valence-corrected chi connectivity index (χ2v) is 7.18. The lowest BCUT2D eigenvalue weighted by molar-refractivity contribution is -0.139. The Hall–Kier alpha value is -3.41. The van der Waals surface area contributed by atoms with Gasteiger partial charge in [0.25, 0.3) is 5.91 Å². The van der Waals surface area contributed by atoms with Crippen molar-refractivity contribution < 1.29 is 14.4 Å². The van der Waals surface area contributed by atoms with Gasteiger partial charge in [0, 0.05) is 11.3 Å². The largest absolute Gasteiger partial charge is 0.322 e. The fraction of sp³-hybridized carbons (Fsp3) is 0.227. The van der Waals surface area contributed by atoms with E-state index in [1.54, 1.807) is 24.3 Å². The minimum absolute atomic E-state index is 0.148. The maximum atomic E-state index is 12.9. The predicted molar refractivity (Wildman–Crippen MR) is 107 cm³/mol. The summed E-state index contributed by atoms with van der Waals surface area (Å²) in [6.07, 6.45) is 5.02. The number of hydrogen-bond donors (Lipinski definition) is 2. The molecule has 1 heterocycles. The van der Waals surface area contributed by atoms with Gasteiger partial charge < -0.3 is 5.32 Å². The van der Waals surface area contributed by atoms with Gasteiger partial charge in [-0.2, -0.15) is 0 Å². The van der Waals surface area contributed by atoms with Gasteiger partial charge in [0.1, 0.15) is 0 Å². The van der Waals surface area contributed by atoms with Gasteiger partial charge in [-0.05, 0) is 50.1 Å². The number of nitrogens with zero attached hydrogens (tertiary/aromatic N) is 1. The molecule has 2 aromatic carbocycles. The lowest BCUT2D eigenvalue weighted by Gasteiger charge is -2.38. The molecule has 4 rings (SSSR count). The van der Waals surface area contributed by atoms with E-state index in [9.17, 15) is 14.4 Å². The van der Waals surface area contributed by atoms with Gasteiger partial charge in [0.2, 0.25) is 11.8 Å². The summed E-state index contributed by atoms with van der Waals surface area (Å²) in [5.41, 5.74) is 5.37. The van der Waals surface area contributed by atoms with Crippen molar-refractivity contribution in [3.8, 4) is 0 Å². The van der Waals surface area contributed by atoms with Crippen molar-refractivity contribution in [3.05, 3.63) is 71.8 Å². The maximum absolute atomic E-state index is 12.9. The van der Waals surface area contributed by atoms with E-state index in [0.29, 0.717) is 29.8 Å². The summed E-state index contributed by atoms with van der Waals surface area (Å²) >= 11 is 0.